The van der Waals surface area contributed by atoms with E-state index in [-0.39, 0.29) is 0 Å². The van der Waals surface area contributed by atoms with Gasteiger partial charge in [0, 0.05) is 30.2 Å². The number of likely N-dealkylation sites (tertiary alicyclic amines) is 1. The van der Waals surface area contributed by atoms with Gasteiger partial charge in [-0.25, -0.2) is 0 Å². The van der Waals surface area contributed by atoms with Crippen LogP contribution in [0.25, 0.3) is 0 Å². The van der Waals surface area contributed by atoms with Crippen LogP contribution in [0.5, 0.6) is 5.75 Å². The molecule has 1 aromatic rings. The third-order valence-corrected chi connectivity index (χ3v) is 4.31. The Balaban J connectivity index is 1.45. The van der Waals surface area contributed by atoms with Gasteiger partial charge in [0.15, 0.2) is 0 Å². The Morgan fingerprint density at radius 2 is 2.16 bits per heavy atom. The van der Waals surface area contributed by atoms with Crippen molar-refractivity contribution in [3.63, 3.8) is 0 Å². The summed E-state index contributed by atoms with van der Waals surface area (Å²) in [6.07, 6.45) is 3.96. The average molecular weight is 281 g/mol. The zero-order chi connectivity index (χ0) is 13.1. The van der Waals surface area contributed by atoms with Crippen LogP contribution in [0.1, 0.15) is 19.3 Å². The van der Waals surface area contributed by atoms with Crippen molar-refractivity contribution in [2.75, 3.05) is 26.2 Å². The van der Waals surface area contributed by atoms with Crippen LogP contribution in [0.2, 0.25) is 5.02 Å². The summed E-state index contributed by atoms with van der Waals surface area (Å²) < 4.78 is 5.76. The normalized spacial score (nSPS) is 27.2. The maximum atomic E-state index is 5.94. The molecule has 0 aliphatic carbocycles. The molecule has 2 fully saturated rings. The van der Waals surface area contributed by atoms with Crippen molar-refractivity contribution in [2.24, 2.45) is 0 Å². The highest BCUT2D eigenvalue weighted by atomic mass is 35.5. The van der Waals surface area contributed by atoms with Gasteiger partial charge in [-0.05, 0) is 44.0 Å². The van der Waals surface area contributed by atoms with Crippen LogP contribution in [0.4, 0.5) is 0 Å². The highest BCUT2D eigenvalue weighted by Gasteiger charge is 2.28. The van der Waals surface area contributed by atoms with Gasteiger partial charge in [-0.2, -0.15) is 0 Å². The first-order valence-corrected chi connectivity index (χ1v) is 7.54. The summed E-state index contributed by atoms with van der Waals surface area (Å²) >= 11 is 5.94. The molecule has 1 N–H and O–H groups in total. The van der Waals surface area contributed by atoms with Crippen molar-refractivity contribution >= 4 is 11.6 Å². The monoisotopic (exact) mass is 280 g/mol. The molecule has 19 heavy (non-hydrogen) atoms. The van der Waals surface area contributed by atoms with E-state index in [0.717, 1.165) is 36.5 Å². The fourth-order valence-corrected chi connectivity index (χ4v) is 3.25. The zero-order valence-corrected chi connectivity index (χ0v) is 11.9. The Labute approximate surface area is 119 Å². The molecule has 0 spiro atoms. The van der Waals surface area contributed by atoms with Crippen molar-refractivity contribution in [3.05, 3.63) is 29.3 Å². The molecule has 104 valence electrons. The first-order valence-electron chi connectivity index (χ1n) is 7.16. The lowest BCUT2D eigenvalue weighted by molar-refractivity contribution is 0.201. The topological polar surface area (TPSA) is 24.5 Å². The largest absolute Gasteiger partial charge is 0.492 e. The van der Waals surface area contributed by atoms with E-state index in [1.165, 1.54) is 25.8 Å². The van der Waals surface area contributed by atoms with Gasteiger partial charge >= 0.3 is 0 Å². The van der Waals surface area contributed by atoms with Gasteiger partial charge in [-0.3, -0.25) is 4.90 Å². The second-order valence-electron chi connectivity index (χ2n) is 5.53. The fourth-order valence-electron chi connectivity index (χ4n) is 3.07. The van der Waals surface area contributed by atoms with Gasteiger partial charge in [-0.15, -0.1) is 0 Å². The van der Waals surface area contributed by atoms with Crippen LogP contribution < -0.4 is 10.1 Å². The van der Waals surface area contributed by atoms with Crippen molar-refractivity contribution in [2.45, 2.75) is 31.3 Å². The summed E-state index contributed by atoms with van der Waals surface area (Å²) in [6.45, 7) is 4.08. The molecule has 2 bridgehead atoms. The first-order chi connectivity index (χ1) is 9.29. The summed E-state index contributed by atoms with van der Waals surface area (Å²) in [6, 6.07) is 9.06. The molecule has 1 aromatic carbocycles. The van der Waals surface area contributed by atoms with Crippen LogP contribution in [-0.2, 0) is 0 Å². The predicted octanol–water partition coefficient (Wildman–Crippen LogP) is 2.55. The lowest BCUT2D eigenvalue weighted by Gasteiger charge is -2.23. The molecule has 0 saturated carbocycles. The Hall–Kier alpha value is -0.770. The van der Waals surface area contributed by atoms with E-state index in [1.807, 2.05) is 24.3 Å². The SMILES string of the molecule is Clc1cccc(OCCN2CCC3CCC(C2)N3)c1. The second-order valence-corrected chi connectivity index (χ2v) is 5.97. The molecular formula is C15H21ClN2O. The second kappa shape index (κ2) is 6.12. The third kappa shape index (κ3) is 3.62. The number of ether oxygens (including phenoxy) is 1. The van der Waals surface area contributed by atoms with Gasteiger partial charge < -0.3 is 10.1 Å². The minimum absolute atomic E-state index is 0.693. The third-order valence-electron chi connectivity index (χ3n) is 4.08. The number of benzene rings is 1. The van der Waals surface area contributed by atoms with Crippen molar-refractivity contribution in [1.82, 2.24) is 10.2 Å². The standard InChI is InChI=1S/C15H21ClN2O/c16-12-2-1-3-15(10-12)19-9-8-18-7-6-13-4-5-14(11-18)17-13/h1-3,10,13-14,17H,4-9,11H2. The molecule has 3 nitrogen and oxygen atoms in total. The number of hydrogen-bond acceptors (Lipinski definition) is 3. The van der Waals surface area contributed by atoms with Gasteiger partial charge in [-0.1, -0.05) is 17.7 Å². The maximum Gasteiger partial charge on any atom is 0.120 e. The summed E-state index contributed by atoms with van der Waals surface area (Å²) in [5.41, 5.74) is 0. The van der Waals surface area contributed by atoms with Crippen molar-refractivity contribution < 1.29 is 4.74 Å². The molecular weight excluding hydrogens is 260 g/mol. The number of nitrogens with one attached hydrogen (secondary N) is 1. The minimum atomic E-state index is 0.693. The van der Waals surface area contributed by atoms with E-state index in [0.29, 0.717) is 6.04 Å². The average Bonchev–Trinajstić information content (AvgIpc) is 2.72. The predicted molar refractivity (Wildman–Crippen MR) is 77.9 cm³/mol. The molecule has 2 heterocycles. The summed E-state index contributed by atoms with van der Waals surface area (Å²) in [4.78, 5) is 2.52. The molecule has 0 radical (unpaired) electrons. The smallest absolute Gasteiger partial charge is 0.120 e. The lowest BCUT2D eigenvalue weighted by atomic mass is 10.1. The summed E-state index contributed by atoms with van der Waals surface area (Å²) in [7, 11) is 0. The van der Waals surface area contributed by atoms with E-state index in [1.54, 1.807) is 0 Å². The van der Waals surface area contributed by atoms with Crippen LogP contribution in [0, 0.1) is 0 Å². The number of nitrogens with zero attached hydrogens (tertiary/aromatic N) is 1. The summed E-state index contributed by atoms with van der Waals surface area (Å²) in [5, 5.41) is 4.43. The number of hydrogen-bond donors (Lipinski definition) is 1. The number of rotatable bonds is 4. The van der Waals surface area contributed by atoms with E-state index in [4.69, 9.17) is 16.3 Å². The van der Waals surface area contributed by atoms with Crippen LogP contribution in [0.3, 0.4) is 0 Å². The molecule has 0 amide bonds. The van der Waals surface area contributed by atoms with E-state index in [2.05, 4.69) is 10.2 Å². The summed E-state index contributed by atoms with van der Waals surface area (Å²) in [5.74, 6) is 0.863. The fraction of sp³-hybridized carbons (Fsp3) is 0.600. The van der Waals surface area contributed by atoms with Gasteiger partial charge in [0.05, 0.1) is 0 Å². The van der Waals surface area contributed by atoms with E-state index in [9.17, 15) is 0 Å². The lowest BCUT2D eigenvalue weighted by Crippen LogP contribution is -2.37. The highest BCUT2D eigenvalue weighted by molar-refractivity contribution is 6.30. The van der Waals surface area contributed by atoms with E-state index >= 15 is 0 Å². The molecule has 2 aliphatic heterocycles. The number of halogens is 1. The molecule has 2 aliphatic rings. The quantitative estimate of drug-likeness (QED) is 0.917. The minimum Gasteiger partial charge on any atom is -0.492 e. The van der Waals surface area contributed by atoms with Crippen LogP contribution in [0.15, 0.2) is 24.3 Å². The van der Waals surface area contributed by atoms with Crippen LogP contribution >= 0.6 is 11.6 Å². The molecule has 2 saturated heterocycles. The van der Waals surface area contributed by atoms with Gasteiger partial charge in [0.2, 0.25) is 0 Å². The van der Waals surface area contributed by atoms with Crippen LogP contribution in [-0.4, -0.2) is 43.2 Å². The molecule has 0 aromatic heterocycles. The van der Waals surface area contributed by atoms with Crippen molar-refractivity contribution in [3.8, 4) is 5.75 Å². The van der Waals surface area contributed by atoms with Crippen molar-refractivity contribution in [1.29, 1.82) is 0 Å². The Morgan fingerprint density at radius 3 is 3.05 bits per heavy atom. The number of fused-ring (bicyclic) bond motifs is 2. The Kier molecular flexibility index (Phi) is 4.26. The maximum absolute atomic E-state index is 5.94. The first kappa shape index (κ1) is 13.2. The Morgan fingerprint density at radius 1 is 1.26 bits per heavy atom. The van der Waals surface area contributed by atoms with E-state index < -0.39 is 0 Å². The zero-order valence-electron chi connectivity index (χ0n) is 11.1. The highest BCUT2D eigenvalue weighted by Crippen LogP contribution is 2.20. The van der Waals surface area contributed by atoms with Gasteiger partial charge in [0.1, 0.15) is 12.4 Å². The van der Waals surface area contributed by atoms with Gasteiger partial charge in [0.25, 0.3) is 0 Å². The molecule has 2 unspecified atom stereocenters. The Bertz CT molecular complexity index is 426. The molecule has 2 atom stereocenters. The molecule has 3 rings (SSSR count). The molecule has 4 heteroatoms.